The summed E-state index contributed by atoms with van der Waals surface area (Å²) in [6.07, 6.45) is 2.72. The molecule has 1 aliphatic heterocycles. The largest absolute Gasteiger partial charge is 0.447 e. The van der Waals surface area contributed by atoms with Crippen LogP contribution in [0.15, 0.2) is 11.6 Å². The van der Waals surface area contributed by atoms with Gasteiger partial charge in [0, 0.05) is 13.1 Å². The SMILES string of the molecule is CC(C)OC(=O)NCC1=CCNCC1. The first-order valence-electron chi connectivity index (χ1n) is 5.01. The van der Waals surface area contributed by atoms with Crippen LogP contribution in [0.5, 0.6) is 0 Å². The molecule has 4 heteroatoms. The number of rotatable bonds is 3. The van der Waals surface area contributed by atoms with Crippen molar-refractivity contribution in [2.75, 3.05) is 19.6 Å². The molecule has 0 aromatic rings. The third-order valence-electron chi connectivity index (χ3n) is 1.96. The molecule has 0 fully saturated rings. The monoisotopic (exact) mass is 198 g/mol. The van der Waals surface area contributed by atoms with Crippen LogP contribution in [-0.2, 0) is 4.74 Å². The molecule has 1 amide bonds. The van der Waals surface area contributed by atoms with Crippen molar-refractivity contribution in [3.63, 3.8) is 0 Å². The highest BCUT2D eigenvalue weighted by Gasteiger charge is 2.07. The number of hydrogen-bond donors (Lipinski definition) is 2. The van der Waals surface area contributed by atoms with Crippen molar-refractivity contribution in [2.45, 2.75) is 26.4 Å². The van der Waals surface area contributed by atoms with Gasteiger partial charge in [0.2, 0.25) is 0 Å². The van der Waals surface area contributed by atoms with Crippen LogP contribution >= 0.6 is 0 Å². The van der Waals surface area contributed by atoms with E-state index in [2.05, 4.69) is 16.7 Å². The minimum atomic E-state index is -0.334. The fraction of sp³-hybridized carbons (Fsp3) is 0.700. The Morgan fingerprint density at radius 3 is 3.07 bits per heavy atom. The standard InChI is InChI=1S/C10H18N2O2/c1-8(2)14-10(13)12-7-9-3-5-11-6-4-9/h3,8,11H,4-7H2,1-2H3,(H,12,13). The summed E-state index contributed by atoms with van der Waals surface area (Å²) in [4.78, 5) is 11.1. The van der Waals surface area contributed by atoms with Crippen LogP contribution in [0.3, 0.4) is 0 Å². The summed E-state index contributed by atoms with van der Waals surface area (Å²) >= 11 is 0. The molecule has 0 spiro atoms. The zero-order valence-corrected chi connectivity index (χ0v) is 8.80. The maximum absolute atomic E-state index is 11.1. The van der Waals surface area contributed by atoms with Crippen molar-refractivity contribution >= 4 is 6.09 Å². The lowest BCUT2D eigenvalue weighted by molar-refractivity contribution is 0.116. The van der Waals surface area contributed by atoms with Crippen molar-refractivity contribution in [1.82, 2.24) is 10.6 Å². The van der Waals surface area contributed by atoms with E-state index in [4.69, 9.17) is 4.74 Å². The van der Waals surface area contributed by atoms with Crippen LogP contribution in [0.4, 0.5) is 4.79 Å². The lowest BCUT2D eigenvalue weighted by atomic mass is 10.1. The number of alkyl carbamates (subject to hydrolysis) is 1. The molecule has 4 nitrogen and oxygen atoms in total. The van der Waals surface area contributed by atoms with Crippen LogP contribution in [0.2, 0.25) is 0 Å². The number of amides is 1. The molecule has 2 N–H and O–H groups in total. The average Bonchev–Trinajstić information content (AvgIpc) is 2.15. The van der Waals surface area contributed by atoms with E-state index in [1.54, 1.807) is 0 Å². The van der Waals surface area contributed by atoms with Gasteiger partial charge in [0.15, 0.2) is 0 Å². The fourth-order valence-electron chi connectivity index (χ4n) is 1.27. The van der Waals surface area contributed by atoms with Gasteiger partial charge in [-0.3, -0.25) is 0 Å². The molecule has 1 heterocycles. The predicted molar refractivity (Wildman–Crippen MR) is 55.2 cm³/mol. The van der Waals surface area contributed by atoms with Crippen LogP contribution in [0.1, 0.15) is 20.3 Å². The highest BCUT2D eigenvalue weighted by Crippen LogP contribution is 2.02. The van der Waals surface area contributed by atoms with Gasteiger partial charge in [-0.25, -0.2) is 4.79 Å². The van der Waals surface area contributed by atoms with Crippen LogP contribution in [0, 0.1) is 0 Å². The summed E-state index contributed by atoms with van der Waals surface area (Å²) in [7, 11) is 0. The Labute approximate surface area is 84.7 Å². The third kappa shape index (κ3) is 4.28. The lowest BCUT2D eigenvalue weighted by Gasteiger charge is -2.15. The molecule has 0 aliphatic carbocycles. The minimum Gasteiger partial charge on any atom is -0.447 e. The maximum Gasteiger partial charge on any atom is 0.407 e. The summed E-state index contributed by atoms with van der Waals surface area (Å²) in [5, 5.41) is 5.94. The van der Waals surface area contributed by atoms with E-state index >= 15 is 0 Å². The van der Waals surface area contributed by atoms with Gasteiger partial charge < -0.3 is 15.4 Å². The van der Waals surface area contributed by atoms with E-state index in [9.17, 15) is 4.79 Å². The second-order valence-corrected chi connectivity index (χ2v) is 3.62. The molecule has 0 saturated heterocycles. The topological polar surface area (TPSA) is 50.4 Å². The van der Waals surface area contributed by atoms with Gasteiger partial charge in [-0.2, -0.15) is 0 Å². The summed E-state index contributed by atoms with van der Waals surface area (Å²) in [6, 6.07) is 0. The molecule has 0 unspecified atom stereocenters. The first-order chi connectivity index (χ1) is 6.68. The summed E-state index contributed by atoms with van der Waals surface area (Å²) in [6.45, 7) is 6.17. The second-order valence-electron chi connectivity index (χ2n) is 3.62. The van der Waals surface area contributed by atoms with Gasteiger partial charge in [-0.15, -0.1) is 0 Å². The molecule has 0 aromatic carbocycles. The molecule has 0 radical (unpaired) electrons. The van der Waals surface area contributed by atoms with Gasteiger partial charge in [-0.1, -0.05) is 11.6 Å². The Bertz CT molecular complexity index is 224. The van der Waals surface area contributed by atoms with Gasteiger partial charge in [0.25, 0.3) is 0 Å². The highest BCUT2D eigenvalue weighted by molar-refractivity contribution is 5.67. The van der Waals surface area contributed by atoms with Crippen molar-refractivity contribution < 1.29 is 9.53 Å². The van der Waals surface area contributed by atoms with Crippen LogP contribution in [-0.4, -0.2) is 31.8 Å². The average molecular weight is 198 g/mol. The molecule has 1 aliphatic rings. The normalized spacial score (nSPS) is 16.4. The Morgan fingerprint density at radius 1 is 1.71 bits per heavy atom. The van der Waals surface area contributed by atoms with E-state index in [0.29, 0.717) is 6.54 Å². The Kier molecular flexibility index (Phi) is 4.46. The number of carbonyl (C=O) groups excluding carboxylic acids is 1. The maximum atomic E-state index is 11.1. The summed E-state index contributed by atoms with van der Waals surface area (Å²) < 4.78 is 4.95. The van der Waals surface area contributed by atoms with Gasteiger partial charge in [-0.05, 0) is 26.8 Å². The molecule has 0 atom stereocenters. The number of carbonyl (C=O) groups is 1. The Hall–Kier alpha value is -1.03. The molecule has 0 aromatic heterocycles. The number of hydrogen-bond acceptors (Lipinski definition) is 3. The minimum absolute atomic E-state index is 0.0583. The Morgan fingerprint density at radius 2 is 2.50 bits per heavy atom. The summed E-state index contributed by atoms with van der Waals surface area (Å²) in [5.41, 5.74) is 1.27. The smallest absolute Gasteiger partial charge is 0.407 e. The molecular formula is C10H18N2O2. The first kappa shape index (κ1) is 11.0. The van der Waals surface area contributed by atoms with Gasteiger partial charge in [0.05, 0.1) is 6.10 Å². The van der Waals surface area contributed by atoms with Gasteiger partial charge in [0.1, 0.15) is 0 Å². The third-order valence-corrected chi connectivity index (χ3v) is 1.96. The highest BCUT2D eigenvalue weighted by atomic mass is 16.6. The van der Waals surface area contributed by atoms with Crippen molar-refractivity contribution in [3.8, 4) is 0 Å². The second kappa shape index (κ2) is 5.65. The van der Waals surface area contributed by atoms with Gasteiger partial charge >= 0.3 is 6.09 Å². The van der Waals surface area contributed by atoms with E-state index in [0.717, 1.165) is 19.5 Å². The fourth-order valence-corrected chi connectivity index (χ4v) is 1.27. The molecule has 14 heavy (non-hydrogen) atoms. The molecule has 0 saturated carbocycles. The van der Waals surface area contributed by atoms with Crippen LogP contribution in [0.25, 0.3) is 0 Å². The number of ether oxygens (including phenoxy) is 1. The number of nitrogens with one attached hydrogen (secondary N) is 2. The van der Waals surface area contributed by atoms with E-state index in [-0.39, 0.29) is 12.2 Å². The lowest BCUT2D eigenvalue weighted by Crippen LogP contribution is -2.31. The Balaban J connectivity index is 2.19. The quantitative estimate of drug-likeness (QED) is 0.666. The van der Waals surface area contributed by atoms with Crippen molar-refractivity contribution in [1.29, 1.82) is 0 Å². The van der Waals surface area contributed by atoms with E-state index in [1.807, 2.05) is 13.8 Å². The zero-order valence-electron chi connectivity index (χ0n) is 8.80. The molecule has 0 bridgehead atoms. The molecular weight excluding hydrogens is 180 g/mol. The zero-order chi connectivity index (χ0) is 10.4. The predicted octanol–water partition coefficient (Wildman–Crippen LogP) is 1.04. The van der Waals surface area contributed by atoms with Crippen molar-refractivity contribution in [3.05, 3.63) is 11.6 Å². The van der Waals surface area contributed by atoms with E-state index < -0.39 is 0 Å². The summed E-state index contributed by atoms with van der Waals surface area (Å²) in [5.74, 6) is 0. The van der Waals surface area contributed by atoms with E-state index in [1.165, 1.54) is 5.57 Å². The molecule has 80 valence electrons. The van der Waals surface area contributed by atoms with Crippen LogP contribution < -0.4 is 10.6 Å². The first-order valence-corrected chi connectivity index (χ1v) is 5.01. The van der Waals surface area contributed by atoms with Crippen molar-refractivity contribution in [2.24, 2.45) is 0 Å². The molecule has 1 rings (SSSR count).